The van der Waals surface area contributed by atoms with Crippen molar-refractivity contribution in [3.8, 4) is 0 Å². The van der Waals surface area contributed by atoms with Crippen molar-refractivity contribution in [3.63, 3.8) is 0 Å². The Labute approximate surface area is 88.9 Å². The van der Waals surface area contributed by atoms with Gasteiger partial charge in [0.1, 0.15) is 0 Å². The van der Waals surface area contributed by atoms with Crippen LogP contribution >= 0.6 is 0 Å². The summed E-state index contributed by atoms with van der Waals surface area (Å²) in [5, 5.41) is 16.4. The third kappa shape index (κ3) is 2.03. The molecule has 84 valence electrons. The Morgan fingerprint density at radius 2 is 2.40 bits per heavy atom. The Bertz CT molecular complexity index is 329. The standard InChI is InChI=1S/C10H17N3O2/c1-10(2,6-14)9-12-8(13-15-9)7-4-3-5-11-7/h7,11,14H,3-6H2,1-2H3. The van der Waals surface area contributed by atoms with Gasteiger partial charge in [0, 0.05) is 0 Å². The third-order valence-corrected chi connectivity index (χ3v) is 2.79. The molecule has 1 atom stereocenters. The molecule has 2 heterocycles. The Balaban J connectivity index is 2.16. The predicted octanol–water partition coefficient (Wildman–Crippen LogP) is 0.764. The first kappa shape index (κ1) is 10.6. The number of aromatic nitrogens is 2. The summed E-state index contributed by atoms with van der Waals surface area (Å²) in [5.74, 6) is 1.22. The van der Waals surface area contributed by atoms with Crippen molar-refractivity contribution >= 4 is 0 Å². The van der Waals surface area contributed by atoms with Gasteiger partial charge < -0.3 is 14.9 Å². The predicted molar refractivity (Wildman–Crippen MR) is 54.4 cm³/mol. The van der Waals surface area contributed by atoms with Crippen LogP contribution in [0.15, 0.2) is 4.52 Å². The van der Waals surface area contributed by atoms with Gasteiger partial charge in [-0.1, -0.05) is 5.16 Å². The quantitative estimate of drug-likeness (QED) is 0.772. The summed E-state index contributed by atoms with van der Waals surface area (Å²) in [7, 11) is 0. The zero-order valence-corrected chi connectivity index (χ0v) is 9.16. The number of nitrogens with zero attached hydrogens (tertiary/aromatic N) is 2. The fourth-order valence-corrected chi connectivity index (χ4v) is 1.62. The maximum Gasteiger partial charge on any atom is 0.234 e. The minimum Gasteiger partial charge on any atom is -0.395 e. The van der Waals surface area contributed by atoms with Crippen molar-refractivity contribution in [3.05, 3.63) is 11.7 Å². The summed E-state index contributed by atoms with van der Waals surface area (Å²) in [6.45, 7) is 4.78. The molecule has 0 bridgehead atoms. The Kier molecular flexibility index (Phi) is 2.75. The second-order valence-electron chi connectivity index (χ2n) is 4.65. The van der Waals surface area contributed by atoms with Gasteiger partial charge in [-0.3, -0.25) is 0 Å². The fraction of sp³-hybridized carbons (Fsp3) is 0.800. The van der Waals surface area contributed by atoms with Crippen LogP contribution in [0.1, 0.15) is 44.4 Å². The lowest BCUT2D eigenvalue weighted by Crippen LogP contribution is -2.23. The van der Waals surface area contributed by atoms with Gasteiger partial charge in [-0.2, -0.15) is 4.98 Å². The molecule has 0 aliphatic carbocycles. The molecule has 2 rings (SSSR count). The van der Waals surface area contributed by atoms with E-state index in [2.05, 4.69) is 15.5 Å². The van der Waals surface area contributed by atoms with E-state index in [1.165, 1.54) is 0 Å². The molecule has 2 N–H and O–H groups in total. The largest absolute Gasteiger partial charge is 0.395 e. The molecule has 0 amide bonds. The first-order valence-corrected chi connectivity index (χ1v) is 5.32. The van der Waals surface area contributed by atoms with Gasteiger partial charge in [0.25, 0.3) is 0 Å². The monoisotopic (exact) mass is 211 g/mol. The van der Waals surface area contributed by atoms with Crippen molar-refractivity contribution in [1.82, 2.24) is 15.5 Å². The molecule has 0 spiro atoms. The van der Waals surface area contributed by atoms with Crippen LogP contribution in [-0.2, 0) is 5.41 Å². The van der Waals surface area contributed by atoms with Gasteiger partial charge in [0.15, 0.2) is 5.82 Å². The molecular weight excluding hydrogens is 194 g/mol. The molecule has 0 radical (unpaired) electrons. The van der Waals surface area contributed by atoms with Crippen LogP contribution < -0.4 is 5.32 Å². The van der Waals surface area contributed by atoms with E-state index >= 15 is 0 Å². The van der Waals surface area contributed by atoms with Crippen LogP contribution in [0.5, 0.6) is 0 Å². The molecule has 1 aromatic rings. The number of aliphatic hydroxyl groups excluding tert-OH is 1. The van der Waals surface area contributed by atoms with Gasteiger partial charge in [0.2, 0.25) is 5.89 Å². The fourth-order valence-electron chi connectivity index (χ4n) is 1.62. The summed E-state index contributed by atoms with van der Waals surface area (Å²) in [4.78, 5) is 4.33. The molecule has 1 aliphatic heterocycles. The van der Waals surface area contributed by atoms with Gasteiger partial charge in [0.05, 0.1) is 18.1 Å². The highest BCUT2D eigenvalue weighted by atomic mass is 16.5. The van der Waals surface area contributed by atoms with Crippen LogP contribution in [-0.4, -0.2) is 28.4 Å². The molecule has 1 aromatic heterocycles. The van der Waals surface area contributed by atoms with E-state index in [-0.39, 0.29) is 12.6 Å². The number of nitrogens with one attached hydrogen (secondary N) is 1. The normalized spacial score (nSPS) is 22.2. The first-order chi connectivity index (χ1) is 7.13. The Morgan fingerprint density at radius 3 is 3.00 bits per heavy atom. The van der Waals surface area contributed by atoms with E-state index in [1.807, 2.05) is 13.8 Å². The van der Waals surface area contributed by atoms with Crippen molar-refractivity contribution < 1.29 is 9.63 Å². The van der Waals surface area contributed by atoms with Crippen molar-refractivity contribution in [2.45, 2.75) is 38.1 Å². The molecule has 0 saturated carbocycles. The smallest absolute Gasteiger partial charge is 0.234 e. The van der Waals surface area contributed by atoms with Crippen LogP contribution in [0.4, 0.5) is 0 Å². The summed E-state index contributed by atoms with van der Waals surface area (Å²) >= 11 is 0. The van der Waals surface area contributed by atoms with Gasteiger partial charge in [-0.15, -0.1) is 0 Å². The lowest BCUT2D eigenvalue weighted by Gasteiger charge is -2.14. The summed E-state index contributed by atoms with van der Waals surface area (Å²) in [6, 6.07) is 0.219. The third-order valence-electron chi connectivity index (χ3n) is 2.79. The van der Waals surface area contributed by atoms with Gasteiger partial charge >= 0.3 is 0 Å². The average molecular weight is 211 g/mol. The molecule has 5 nitrogen and oxygen atoms in total. The molecule has 0 aromatic carbocycles. The van der Waals surface area contributed by atoms with E-state index in [4.69, 9.17) is 4.52 Å². The topological polar surface area (TPSA) is 71.2 Å². The van der Waals surface area contributed by atoms with Crippen molar-refractivity contribution in [1.29, 1.82) is 0 Å². The zero-order valence-electron chi connectivity index (χ0n) is 9.16. The molecule has 1 saturated heterocycles. The highest BCUT2D eigenvalue weighted by Gasteiger charge is 2.29. The lowest BCUT2D eigenvalue weighted by atomic mass is 9.95. The van der Waals surface area contributed by atoms with Crippen LogP contribution in [0.2, 0.25) is 0 Å². The maximum absolute atomic E-state index is 9.18. The lowest BCUT2D eigenvalue weighted by molar-refractivity contribution is 0.182. The van der Waals surface area contributed by atoms with Crippen molar-refractivity contribution in [2.75, 3.05) is 13.2 Å². The molecule has 5 heteroatoms. The van der Waals surface area contributed by atoms with E-state index in [0.717, 1.165) is 19.4 Å². The van der Waals surface area contributed by atoms with Crippen LogP contribution in [0, 0.1) is 0 Å². The molecule has 1 fully saturated rings. The van der Waals surface area contributed by atoms with E-state index in [0.29, 0.717) is 11.7 Å². The zero-order chi connectivity index (χ0) is 10.9. The summed E-state index contributed by atoms with van der Waals surface area (Å²) in [5.41, 5.74) is -0.455. The van der Waals surface area contributed by atoms with Gasteiger partial charge in [-0.25, -0.2) is 0 Å². The highest BCUT2D eigenvalue weighted by Crippen LogP contribution is 2.25. The number of hydrogen-bond acceptors (Lipinski definition) is 5. The van der Waals surface area contributed by atoms with Gasteiger partial charge in [-0.05, 0) is 33.2 Å². The maximum atomic E-state index is 9.18. The first-order valence-electron chi connectivity index (χ1n) is 5.32. The Morgan fingerprint density at radius 1 is 1.60 bits per heavy atom. The molecule has 1 aliphatic rings. The second-order valence-corrected chi connectivity index (χ2v) is 4.65. The van der Waals surface area contributed by atoms with E-state index < -0.39 is 5.41 Å². The Hall–Kier alpha value is -0.940. The summed E-state index contributed by atoms with van der Waals surface area (Å²) < 4.78 is 5.17. The summed E-state index contributed by atoms with van der Waals surface area (Å²) in [6.07, 6.45) is 2.20. The SMILES string of the molecule is CC(C)(CO)c1nc(C2CCCN2)no1. The minimum absolute atomic E-state index is 0.00668. The molecule has 1 unspecified atom stereocenters. The molecular formula is C10H17N3O2. The average Bonchev–Trinajstić information content (AvgIpc) is 2.88. The van der Waals surface area contributed by atoms with Crippen molar-refractivity contribution in [2.24, 2.45) is 0 Å². The van der Waals surface area contributed by atoms with E-state index in [1.54, 1.807) is 0 Å². The molecule has 15 heavy (non-hydrogen) atoms. The highest BCUT2D eigenvalue weighted by molar-refractivity contribution is 5.04. The second kappa shape index (κ2) is 3.90. The van der Waals surface area contributed by atoms with E-state index in [9.17, 15) is 5.11 Å². The van der Waals surface area contributed by atoms with Crippen LogP contribution in [0.3, 0.4) is 0 Å². The number of aliphatic hydroxyl groups is 1. The number of rotatable bonds is 3. The van der Waals surface area contributed by atoms with Crippen LogP contribution in [0.25, 0.3) is 0 Å². The number of hydrogen-bond donors (Lipinski definition) is 2. The minimum atomic E-state index is -0.455.